The largest absolute Gasteiger partial charge is 0.497 e. The lowest BCUT2D eigenvalue weighted by Gasteiger charge is -2.09. The average Bonchev–Trinajstić information content (AvgIpc) is 2.46. The zero-order chi connectivity index (χ0) is 13.7. The highest BCUT2D eigenvalue weighted by atomic mass is 79.9. The Hall–Kier alpha value is -1.99. The van der Waals surface area contributed by atoms with Gasteiger partial charge in [0.2, 0.25) is 0 Å². The predicted molar refractivity (Wildman–Crippen MR) is 79.2 cm³/mol. The fourth-order valence-corrected chi connectivity index (χ4v) is 2.06. The predicted octanol–water partition coefficient (Wildman–Crippen LogP) is 3.94. The molecule has 0 spiro atoms. The van der Waals surface area contributed by atoms with Crippen LogP contribution in [0.25, 0.3) is 0 Å². The Morgan fingerprint density at radius 3 is 2.58 bits per heavy atom. The number of nitrogens with one attached hydrogen (secondary N) is 1. The van der Waals surface area contributed by atoms with Crippen LogP contribution in [0.15, 0.2) is 46.9 Å². The summed E-state index contributed by atoms with van der Waals surface area (Å²) >= 11 is 3.36. The van der Waals surface area contributed by atoms with Crippen LogP contribution in [-0.4, -0.2) is 7.11 Å². The molecule has 2 rings (SSSR count). The molecule has 1 N–H and O–H groups in total. The zero-order valence-corrected chi connectivity index (χ0v) is 12.1. The molecule has 0 aliphatic carbocycles. The minimum absolute atomic E-state index is 0.628. The number of hydrogen-bond donors (Lipinski definition) is 1. The lowest BCUT2D eigenvalue weighted by molar-refractivity contribution is 0.414. The topological polar surface area (TPSA) is 45.0 Å². The maximum absolute atomic E-state index is 9.08. The van der Waals surface area contributed by atoms with E-state index in [1.807, 2.05) is 36.4 Å². The number of benzene rings is 2. The van der Waals surface area contributed by atoms with E-state index in [4.69, 9.17) is 10.00 Å². The summed E-state index contributed by atoms with van der Waals surface area (Å²) in [6, 6.07) is 15.6. The van der Waals surface area contributed by atoms with Crippen molar-refractivity contribution < 1.29 is 4.74 Å². The van der Waals surface area contributed by atoms with Crippen LogP contribution in [-0.2, 0) is 6.54 Å². The van der Waals surface area contributed by atoms with Gasteiger partial charge in [0.15, 0.2) is 0 Å². The molecule has 2 aromatic carbocycles. The van der Waals surface area contributed by atoms with Crippen LogP contribution in [0.1, 0.15) is 11.1 Å². The van der Waals surface area contributed by atoms with E-state index in [0.717, 1.165) is 21.5 Å². The molecule has 0 aliphatic heterocycles. The second-order valence-electron chi connectivity index (χ2n) is 4.00. The highest BCUT2D eigenvalue weighted by molar-refractivity contribution is 9.10. The van der Waals surface area contributed by atoms with Crippen LogP contribution < -0.4 is 10.1 Å². The van der Waals surface area contributed by atoms with Gasteiger partial charge in [0.05, 0.1) is 18.4 Å². The van der Waals surface area contributed by atoms with Crippen molar-refractivity contribution in [3.63, 3.8) is 0 Å². The third-order valence-electron chi connectivity index (χ3n) is 2.74. The smallest absolute Gasteiger partial charge is 0.118 e. The molecular formula is C15H13BrN2O. The first-order chi connectivity index (χ1) is 9.22. The van der Waals surface area contributed by atoms with Gasteiger partial charge in [0, 0.05) is 11.0 Å². The summed E-state index contributed by atoms with van der Waals surface area (Å²) in [5, 5.41) is 12.3. The van der Waals surface area contributed by atoms with Crippen molar-refractivity contribution in [2.45, 2.75) is 6.54 Å². The molecule has 0 saturated heterocycles. The second kappa shape index (κ2) is 6.26. The van der Waals surface area contributed by atoms with E-state index in [-0.39, 0.29) is 0 Å². The van der Waals surface area contributed by atoms with Crippen LogP contribution in [0.5, 0.6) is 5.75 Å². The maximum Gasteiger partial charge on any atom is 0.118 e. The Morgan fingerprint density at radius 1 is 1.21 bits per heavy atom. The minimum Gasteiger partial charge on any atom is -0.497 e. The lowest BCUT2D eigenvalue weighted by Crippen LogP contribution is -2.01. The first kappa shape index (κ1) is 13.4. The molecule has 0 unspecified atom stereocenters. The zero-order valence-electron chi connectivity index (χ0n) is 10.5. The van der Waals surface area contributed by atoms with E-state index in [2.05, 4.69) is 27.3 Å². The minimum atomic E-state index is 0.628. The summed E-state index contributed by atoms with van der Waals surface area (Å²) in [6.45, 7) is 0.667. The SMILES string of the molecule is COc1ccc(CNc2ccc(Br)cc2C#N)cc1. The van der Waals surface area contributed by atoms with Gasteiger partial charge in [-0.2, -0.15) is 5.26 Å². The van der Waals surface area contributed by atoms with Gasteiger partial charge in [-0.3, -0.25) is 0 Å². The number of anilines is 1. The van der Waals surface area contributed by atoms with Gasteiger partial charge >= 0.3 is 0 Å². The molecule has 0 radical (unpaired) electrons. The molecule has 0 fully saturated rings. The van der Waals surface area contributed by atoms with Gasteiger partial charge in [-0.25, -0.2) is 0 Å². The Bertz CT molecular complexity index is 603. The number of ether oxygens (including phenoxy) is 1. The van der Waals surface area contributed by atoms with Crippen molar-refractivity contribution in [1.82, 2.24) is 0 Å². The monoisotopic (exact) mass is 316 g/mol. The Kier molecular flexibility index (Phi) is 4.43. The Balaban J connectivity index is 2.08. The van der Waals surface area contributed by atoms with Gasteiger partial charge in [-0.05, 0) is 35.9 Å². The highest BCUT2D eigenvalue weighted by Gasteiger charge is 2.02. The highest BCUT2D eigenvalue weighted by Crippen LogP contribution is 2.21. The number of methoxy groups -OCH3 is 1. The van der Waals surface area contributed by atoms with E-state index in [1.165, 1.54) is 0 Å². The summed E-state index contributed by atoms with van der Waals surface area (Å²) in [4.78, 5) is 0. The van der Waals surface area contributed by atoms with Crippen molar-refractivity contribution in [1.29, 1.82) is 5.26 Å². The normalized spacial score (nSPS) is 9.74. The molecule has 0 saturated carbocycles. The van der Waals surface area contributed by atoms with Crippen molar-refractivity contribution in [2.24, 2.45) is 0 Å². The van der Waals surface area contributed by atoms with E-state index < -0.39 is 0 Å². The van der Waals surface area contributed by atoms with Crippen LogP contribution in [0.4, 0.5) is 5.69 Å². The summed E-state index contributed by atoms with van der Waals surface area (Å²) < 4.78 is 6.01. The molecule has 0 bridgehead atoms. The molecule has 2 aromatic rings. The summed E-state index contributed by atoms with van der Waals surface area (Å²) in [6.07, 6.45) is 0. The van der Waals surface area contributed by atoms with Crippen LogP contribution >= 0.6 is 15.9 Å². The van der Waals surface area contributed by atoms with E-state index in [9.17, 15) is 0 Å². The molecule has 0 atom stereocenters. The first-order valence-corrected chi connectivity index (χ1v) is 6.58. The number of nitriles is 1. The molecule has 19 heavy (non-hydrogen) atoms. The molecule has 0 heterocycles. The Morgan fingerprint density at radius 2 is 1.95 bits per heavy atom. The third kappa shape index (κ3) is 3.49. The van der Waals surface area contributed by atoms with Crippen molar-refractivity contribution in [2.75, 3.05) is 12.4 Å². The fourth-order valence-electron chi connectivity index (χ4n) is 1.70. The molecule has 4 heteroatoms. The lowest BCUT2D eigenvalue weighted by atomic mass is 10.1. The van der Waals surface area contributed by atoms with Gasteiger partial charge < -0.3 is 10.1 Å². The average molecular weight is 317 g/mol. The molecule has 3 nitrogen and oxygen atoms in total. The molecule has 0 aliphatic rings. The molecule has 0 amide bonds. The van der Waals surface area contributed by atoms with Crippen molar-refractivity contribution >= 4 is 21.6 Å². The molecule has 0 aromatic heterocycles. The third-order valence-corrected chi connectivity index (χ3v) is 3.24. The standard InChI is InChI=1S/C15H13BrN2O/c1-19-14-5-2-11(3-6-14)10-18-15-7-4-13(16)8-12(15)9-17/h2-8,18H,10H2,1H3. The van der Waals surface area contributed by atoms with Crippen molar-refractivity contribution in [3.05, 3.63) is 58.1 Å². The quantitative estimate of drug-likeness (QED) is 0.929. The summed E-state index contributed by atoms with van der Waals surface area (Å²) in [5.41, 5.74) is 2.59. The fraction of sp³-hybridized carbons (Fsp3) is 0.133. The van der Waals surface area contributed by atoms with Gasteiger partial charge in [0.25, 0.3) is 0 Å². The number of halogens is 1. The van der Waals surface area contributed by atoms with E-state index >= 15 is 0 Å². The number of rotatable bonds is 4. The van der Waals surface area contributed by atoms with Gasteiger partial charge in [-0.1, -0.05) is 28.1 Å². The van der Waals surface area contributed by atoms with Crippen LogP contribution in [0, 0.1) is 11.3 Å². The maximum atomic E-state index is 9.08. The Labute approximate surface area is 121 Å². The van der Waals surface area contributed by atoms with E-state index in [0.29, 0.717) is 12.1 Å². The molecule has 96 valence electrons. The molecular weight excluding hydrogens is 304 g/mol. The summed E-state index contributed by atoms with van der Waals surface area (Å²) in [5.74, 6) is 0.838. The van der Waals surface area contributed by atoms with E-state index in [1.54, 1.807) is 13.2 Å². The number of nitrogens with zero attached hydrogens (tertiary/aromatic N) is 1. The number of hydrogen-bond acceptors (Lipinski definition) is 3. The van der Waals surface area contributed by atoms with Crippen LogP contribution in [0.3, 0.4) is 0 Å². The van der Waals surface area contributed by atoms with Gasteiger partial charge in [-0.15, -0.1) is 0 Å². The first-order valence-electron chi connectivity index (χ1n) is 5.79. The van der Waals surface area contributed by atoms with Crippen molar-refractivity contribution in [3.8, 4) is 11.8 Å². The summed E-state index contributed by atoms with van der Waals surface area (Å²) in [7, 11) is 1.65. The second-order valence-corrected chi connectivity index (χ2v) is 4.92. The van der Waals surface area contributed by atoms with Crippen LogP contribution in [0.2, 0.25) is 0 Å². The van der Waals surface area contributed by atoms with Gasteiger partial charge in [0.1, 0.15) is 11.8 Å².